The lowest BCUT2D eigenvalue weighted by atomic mass is 10.0. The number of nitriles is 1. The Balaban J connectivity index is 2.43. The van der Waals surface area contributed by atoms with E-state index in [9.17, 15) is 8.42 Å². The molecule has 114 valence electrons. The standard InChI is InChI=1S/C15H21N3O2S/c1-2-18(14-8-5-7-12(14)10-16)21(19,20)15-9-4-3-6-13(15)11-17/h3-4,6,9,12,14H,2,5,7-8,10,16H2,1H3. The third-order valence-electron chi connectivity index (χ3n) is 4.20. The summed E-state index contributed by atoms with van der Waals surface area (Å²) < 4.78 is 27.4. The van der Waals surface area contributed by atoms with E-state index < -0.39 is 10.0 Å². The van der Waals surface area contributed by atoms with Crippen molar-refractivity contribution in [2.24, 2.45) is 11.7 Å². The molecule has 1 fully saturated rings. The summed E-state index contributed by atoms with van der Waals surface area (Å²) in [4.78, 5) is 0.0945. The maximum atomic E-state index is 12.9. The first-order chi connectivity index (χ1) is 10.1. The van der Waals surface area contributed by atoms with Crippen molar-refractivity contribution in [1.82, 2.24) is 4.31 Å². The van der Waals surface area contributed by atoms with Gasteiger partial charge in [0, 0.05) is 12.6 Å². The van der Waals surface area contributed by atoms with Gasteiger partial charge in [-0.05, 0) is 37.4 Å². The van der Waals surface area contributed by atoms with Crippen molar-refractivity contribution in [3.63, 3.8) is 0 Å². The third kappa shape index (κ3) is 2.95. The molecule has 0 heterocycles. The van der Waals surface area contributed by atoms with Crippen LogP contribution in [-0.2, 0) is 10.0 Å². The molecule has 0 aromatic heterocycles. The quantitative estimate of drug-likeness (QED) is 0.897. The Morgan fingerprint density at radius 3 is 2.71 bits per heavy atom. The maximum absolute atomic E-state index is 12.9. The summed E-state index contributed by atoms with van der Waals surface area (Å²) in [6.45, 7) is 2.72. The van der Waals surface area contributed by atoms with Crippen molar-refractivity contribution in [3.05, 3.63) is 29.8 Å². The Bertz CT molecular complexity index is 637. The molecule has 2 unspecified atom stereocenters. The second kappa shape index (κ2) is 6.56. The molecule has 0 spiro atoms. The fourth-order valence-electron chi connectivity index (χ4n) is 3.16. The van der Waals surface area contributed by atoms with Crippen LogP contribution in [0.4, 0.5) is 0 Å². The Hall–Kier alpha value is -1.42. The fourth-order valence-corrected chi connectivity index (χ4v) is 5.03. The van der Waals surface area contributed by atoms with Crippen LogP contribution >= 0.6 is 0 Å². The van der Waals surface area contributed by atoms with Crippen molar-refractivity contribution >= 4 is 10.0 Å². The molecule has 5 nitrogen and oxygen atoms in total. The van der Waals surface area contributed by atoms with Gasteiger partial charge in [-0.15, -0.1) is 0 Å². The van der Waals surface area contributed by atoms with Gasteiger partial charge in [0.25, 0.3) is 0 Å². The number of benzene rings is 1. The third-order valence-corrected chi connectivity index (χ3v) is 6.26. The van der Waals surface area contributed by atoms with E-state index in [4.69, 9.17) is 11.0 Å². The monoisotopic (exact) mass is 307 g/mol. The zero-order valence-electron chi connectivity index (χ0n) is 12.2. The number of hydrogen-bond donors (Lipinski definition) is 1. The van der Waals surface area contributed by atoms with Crippen LogP contribution < -0.4 is 5.73 Å². The average molecular weight is 307 g/mol. The summed E-state index contributed by atoms with van der Waals surface area (Å²) in [6.07, 6.45) is 2.80. The van der Waals surface area contributed by atoms with Crippen LogP contribution in [0.2, 0.25) is 0 Å². The summed E-state index contributed by atoms with van der Waals surface area (Å²) in [5.41, 5.74) is 5.97. The number of sulfonamides is 1. The van der Waals surface area contributed by atoms with Gasteiger partial charge in [0.2, 0.25) is 10.0 Å². The Labute approximate surface area is 126 Å². The van der Waals surface area contributed by atoms with Crippen LogP contribution in [0.15, 0.2) is 29.2 Å². The molecule has 0 saturated heterocycles. The van der Waals surface area contributed by atoms with E-state index in [1.54, 1.807) is 12.1 Å². The smallest absolute Gasteiger partial charge is 0.244 e. The summed E-state index contributed by atoms with van der Waals surface area (Å²) >= 11 is 0. The van der Waals surface area contributed by atoms with E-state index in [-0.39, 0.29) is 22.4 Å². The van der Waals surface area contributed by atoms with Crippen LogP contribution in [0, 0.1) is 17.2 Å². The predicted molar refractivity (Wildman–Crippen MR) is 80.9 cm³/mol. The Morgan fingerprint density at radius 1 is 1.38 bits per heavy atom. The molecule has 0 amide bonds. The van der Waals surface area contributed by atoms with Crippen molar-refractivity contribution in [1.29, 1.82) is 5.26 Å². The van der Waals surface area contributed by atoms with E-state index in [1.165, 1.54) is 16.4 Å². The predicted octanol–water partition coefficient (Wildman–Crippen LogP) is 1.70. The molecular formula is C15H21N3O2S. The molecule has 0 bridgehead atoms. The SMILES string of the molecule is CCN(C1CCCC1CN)S(=O)(=O)c1ccccc1C#N. The molecule has 1 aliphatic carbocycles. The van der Waals surface area contributed by atoms with Gasteiger partial charge in [-0.2, -0.15) is 9.57 Å². The average Bonchev–Trinajstić information content (AvgIpc) is 2.95. The van der Waals surface area contributed by atoms with Gasteiger partial charge in [0.1, 0.15) is 6.07 Å². The molecule has 2 atom stereocenters. The van der Waals surface area contributed by atoms with Crippen LogP contribution in [0.1, 0.15) is 31.7 Å². The summed E-state index contributed by atoms with van der Waals surface area (Å²) in [7, 11) is -3.67. The lowest BCUT2D eigenvalue weighted by Crippen LogP contribution is -2.44. The summed E-state index contributed by atoms with van der Waals surface area (Å²) in [5.74, 6) is 0.203. The fraction of sp³-hybridized carbons (Fsp3) is 0.533. The van der Waals surface area contributed by atoms with E-state index in [0.717, 1.165) is 19.3 Å². The lowest BCUT2D eigenvalue weighted by molar-refractivity contribution is 0.276. The summed E-state index contributed by atoms with van der Waals surface area (Å²) in [6, 6.07) is 8.27. The van der Waals surface area contributed by atoms with Crippen molar-refractivity contribution in [2.45, 2.75) is 37.1 Å². The zero-order valence-corrected chi connectivity index (χ0v) is 13.0. The molecule has 2 rings (SSSR count). The van der Waals surface area contributed by atoms with Crippen LogP contribution in [0.25, 0.3) is 0 Å². The maximum Gasteiger partial charge on any atom is 0.244 e. The largest absolute Gasteiger partial charge is 0.330 e. The van der Waals surface area contributed by atoms with Crippen molar-refractivity contribution in [2.75, 3.05) is 13.1 Å². The normalized spacial score (nSPS) is 22.4. The second-order valence-corrected chi connectivity index (χ2v) is 7.17. The highest BCUT2D eigenvalue weighted by Crippen LogP contribution is 2.33. The van der Waals surface area contributed by atoms with Gasteiger partial charge < -0.3 is 5.73 Å². The Kier molecular flexibility index (Phi) is 4.99. The molecule has 21 heavy (non-hydrogen) atoms. The first-order valence-corrected chi connectivity index (χ1v) is 8.71. The Morgan fingerprint density at radius 2 is 2.10 bits per heavy atom. The molecule has 1 aromatic rings. The first kappa shape index (κ1) is 16.0. The van der Waals surface area contributed by atoms with Crippen molar-refractivity contribution < 1.29 is 8.42 Å². The van der Waals surface area contributed by atoms with E-state index in [0.29, 0.717) is 13.1 Å². The molecule has 0 aliphatic heterocycles. The molecule has 0 radical (unpaired) electrons. The molecule has 1 saturated carbocycles. The van der Waals surface area contributed by atoms with Gasteiger partial charge in [-0.3, -0.25) is 0 Å². The first-order valence-electron chi connectivity index (χ1n) is 7.27. The van der Waals surface area contributed by atoms with Gasteiger partial charge >= 0.3 is 0 Å². The second-order valence-electron chi connectivity index (χ2n) is 5.31. The highest BCUT2D eigenvalue weighted by molar-refractivity contribution is 7.89. The van der Waals surface area contributed by atoms with Crippen LogP contribution in [0.3, 0.4) is 0 Å². The molecule has 1 aromatic carbocycles. The van der Waals surface area contributed by atoms with Gasteiger partial charge in [0.05, 0.1) is 10.5 Å². The highest BCUT2D eigenvalue weighted by atomic mass is 32.2. The number of rotatable bonds is 5. The topological polar surface area (TPSA) is 87.2 Å². The minimum Gasteiger partial charge on any atom is -0.330 e. The van der Waals surface area contributed by atoms with Crippen LogP contribution in [0.5, 0.6) is 0 Å². The molecule has 1 aliphatic rings. The van der Waals surface area contributed by atoms with E-state index in [1.807, 2.05) is 13.0 Å². The number of hydrogen-bond acceptors (Lipinski definition) is 4. The van der Waals surface area contributed by atoms with Crippen LogP contribution in [-0.4, -0.2) is 31.9 Å². The lowest BCUT2D eigenvalue weighted by Gasteiger charge is -2.31. The number of nitrogens with two attached hydrogens (primary N) is 1. The van der Waals surface area contributed by atoms with Gasteiger partial charge in [0.15, 0.2) is 0 Å². The number of nitrogens with zero attached hydrogens (tertiary/aromatic N) is 2. The molecule has 2 N–H and O–H groups in total. The van der Waals surface area contributed by atoms with Gasteiger partial charge in [-0.1, -0.05) is 25.5 Å². The van der Waals surface area contributed by atoms with E-state index in [2.05, 4.69) is 0 Å². The molecule has 6 heteroatoms. The summed E-state index contributed by atoms with van der Waals surface area (Å²) in [5, 5.41) is 9.15. The minimum atomic E-state index is -3.67. The highest BCUT2D eigenvalue weighted by Gasteiger charge is 2.38. The van der Waals surface area contributed by atoms with E-state index >= 15 is 0 Å². The van der Waals surface area contributed by atoms with Crippen molar-refractivity contribution in [3.8, 4) is 6.07 Å². The molecular weight excluding hydrogens is 286 g/mol. The zero-order chi connectivity index (χ0) is 15.5. The minimum absolute atomic E-state index is 0.0586. The van der Waals surface area contributed by atoms with Gasteiger partial charge in [-0.25, -0.2) is 8.42 Å².